The van der Waals surface area contributed by atoms with Crippen LogP contribution in [0, 0.1) is 20.8 Å². The maximum Gasteiger partial charge on any atom is 0.0407 e. The van der Waals surface area contributed by atoms with E-state index >= 15 is 0 Å². The Bertz CT molecular complexity index is 524. The molecule has 0 aliphatic heterocycles. The molecular formula is C15H18N2. The van der Waals surface area contributed by atoms with Crippen LogP contribution in [0.15, 0.2) is 36.4 Å². The summed E-state index contributed by atoms with van der Waals surface area (Å²) < 4.78 is 0. The number of rotatable bonds is 2. The van der Waals surface area contributed by atoms with Gasteiger partial charge in [-0.1, -0.05) is 6.07 Å². The topological polar surface area (TPSA) is 38.0 Å². The minimum atomic E-state index is 0.788. The first-order valence-corrected chi connectivity index (χ1v) is 5.76. The lowest BCUT2D eigenvalue weighted by Gasteiger charge is -2.10. The van der Waals surface area contributed by atoms with E-state index in [9.17, 15) is 0 Å². The quantitative estimate of drug-likeness (QED) is 0.761. The van der Waals surface area contributed by atoms with Gasteiger partial charge in [0, 0.05) is 17.1 Å². The van der Waals surface area contributed by atoms with Gasteiger partial charge in [-0.25, -0.2) is 0 Å². The van der Waals surface area contributed by atoms with Gasteiger partial charge in [-0.05, 0) is 67.8 Å². The van der Waals surface area contributed by atoms with E-state index in [2.05, 4.69) is 43.4 Å². The zero-order valence-electron chi connectivity index (χ0n) is 10.5. The average molecular weight is 226 g/mol. The number of nitrogens with one attached hydrogen (secondary N) is 1. The largest absolute Gasteiger partial charge is 0.399 e. The van der Waals surface area contributed by atoms with Crippen molar-refractivity contribution >= 4 is 17.1 Å². The van der Waals surface area contributed by atoms with Crippen LogP contribution in [0.1, 0.15) is 16.7 Å². The molecule has 0 amide bonds. The molecule has 88 valence electrons. The van der Waals surface area contributed by atoms with Gasteiger partial charge in [0.25, 0.3) is 0 Å². The maximum atomic E-state index is 5.83. The van der Waals surface area contributed by atoms with Gasteiger partial charge in [0.2, 0.25) is 0 Å². The van der Waals surface area contributed by atoms with Crippen LogP contribution in [0.5, 0.6) is 0 Å². The Morgan fingerprint density at radius 3 is 2.24 bits per heavy atom. The van der Waals surface area contributed by atoms with E-state index in [1.165, 1.54) is 11.1 Å². The molecule has 0 fully saturated rings. The van der Waals surface area contributed by atoms with Crippen molar-refractivity contribution in [1.82, 2.24) is 0 Å². The molecule has 3 N–H and O–H groups in total. The molecule has 2 heteroatoms. The summed E-state index contributed by atoms with van der Waals surface area (Å²) in [6.07, 6.45) is 0. The first kappa shape index (κ1) is 11.5. The van der Waals surface area contributed by atoms with Crippen LogP contribution in [-0.4, -0.2) is 0 Å². The molecule has 0 aliphatic rings. The SMILES string of the molecule is Cc1cc(N)cc(Nc2ccc(C)c(C)c2)c1. The van der Waals surface area contributed by atoms with Crippen LogP contribution in [0.25, 0.3) is 0 Å². The van der Waals surface area contributed by atoms with Gasteiger partial charge in [-0.3, -0.25) is 0 Å². The normalized spacial score (nSPS) is 10.3. The zero-order chi connectivity index (χ0) is 12.4. The molecule has 2 aromatic carbocycles. The van der Waals surface area contributed by atoms with Crippen LogP contribution in [0.4, 0.5) is 17.1 Å². The average Bonchev–Trinajstić information content (AvgIpc) is 2.22. The molecule has 2 aromatic rings. The molecule has 0 heterocycles. The van der Waals surface area contributed by atoms with E-state index in [0.717, 1.165) is 22.6 Å². The van der Waals surface area contributed by atoms with Crippen molar-refractivity contribution in [1.29, 1.82) is 0 Å². The molecule has 0 saturated heterocycles. The van der Waals surface area contributed by atoms with Crippen molar-refractivity contribution < 1.29 is 0 Å². The van der Waals surface area contributed by atoms with Gasteiger partial charge < -0.3 is 11.1 Å². The Morgan fingerprint density at radius 2 is 1.59 bits per heavy atom. The lowest BCUT2D eigenvalue weighted by atomic mass is 10.1. The fraction of sp³-hybridized carbons (Fsp3) is 0.200. The molecule has 0 saturated carbocycles. The van der Waals surface area contributed by atoms with E-state index in [1.54, 1.807) is 0 Å². The lowest BCUT2D eigenvalue weighted by Crippen LogP contribution is -1.94. The molecule has 0 radical (unpaired) electrons. The Balaban J connectivity index is 2.28. The van der Waals surface area contributed by atoms with E-state index in [4.69, 9.17) is 5.73 Å². The van der Waals surface area contributed by atoms with Gasteiger partial charge in [0.15, 0.2) is 0 Å². The fourth-order valence-electron chi connectivity index (χ4n) is 1.87. The molecule has 2 nitrogen and oxygen atoms in total. The first-order valence-electron chi connectivity index (χ1n) is 5.76. The Hall–Kier alpha value is -1.96. The van der Waals surface area contributed by atoms with Crippen LogP contribution >= 0.6 is 0 Å². The fourth-order valence-corrected chi connectivity index (χ4v) is 1.87. The number of nitrogens with two attached hydrogens (primary N) is 1. The second kappa shape index (κ2) is 4.50. The highest BCUT2D eigenvalue weighted by atomic mass is 14.9. The van der Waals surface area contributed by atoms with Crippen molar-refractivity contribution in [3.63, 3.8) is 0 Å². The van der Waals surface area contributed by atoms with Crippen molar-refractivity contribution in [2.24, 2.45) is 0 Å². The molecular weight excluding hydrogens is 208 g/mol. The van der Waals surface area contributed by atoms with Crippen molar-refractivity contribution in [2.45, 2.75) is 20.8 Å². The van der Waals surface area contributed by atoms with Crippen molar-refractivity contribution in [2.75, 3.05) is 11.1 Å². The van der Waals surface area contributed by atoms with Gasteiger partial charge in [-0.15, -0.1) is 0 Å². The second-order valence-electron chi connectivity index (χ2n) is 4.56. The van der Waals surface area contributed by atoms with Crippen LogP contribution in [0.3, 0.4) is 0 Å². The minimum absolute atomic E-state index is 0.788. The summed E-state index contributed by atoms with van der Waals surface area (Å²) in [5.74, 6) is 0. The smallest absolute Gasteiger partial charge is 0.0407 e. The second-order valence-corrected chi connectivity index (χ2v) is 4.56. The summed E-state index contributed by atoms with van der Waals surface area (Å²) in [4.78, 5) is 0. The van der Waals surface area contributed by atoms with E-state index in [0.29, 0.717) is 0 Å². The third-order valence-corrected chi connectivity index (χ3v) is 2.90. The molecule has 0 atom stereocenters. The predicted molar refractivity (Wildman–Crippen MR) is 74.8 cm³/mol. The first-order chi connectivity index (χ1) is 8.04. The number of hydrogen-bond acceptors (Lipinski definition) is 2. The Morgan fingerprint density at radius 1 is 0.824 bits per heavy atom. The van der Waals surface area contributed by atoms with Crippen LogP contribution < -0.4 is 11.1 Å². The molecule has 0 bridgehead atoms. The third kappa shape index (κ3) is 2.78. The van der Waals surface area contributed by atoms with Gasteiger partial charge in [-0.2, -0.15) is 0 Å². The molecule has 17 heavy (non-hydrogen) atoms. The number of nitrogen functional groups attached to an aromatic ring is 1. The van der Waals surface area contributed by atoms with E-state index in [-0.39, 0.29) is 0 Å². The molecule has 2 rings (SSSR count). The summed E-state index contributed by atoms with van der Waals surface area (Å²) in [6.45, 7) is 6.27. The highest BCUT2D eigenvalue weighted by Crippen LogP contribution is 2.22. The van der Waals surface area contributed by atoms with Crippen LogP contribution in [-0.2, 0) is 0 Å². The standard InChI is InChI=1S/C15H18N2/c1-10-6-13(16)9-15(7-10)17-14-5-4-11(2)12(3)8-14/h4-9,17H,16H2,1-3H3. The highest BCUT2D eigenvalue weighted by Gasteiger charge is 1.99. The Kier molecular flexibility index (Phi) is 3.05. The minimum Gasteiger partial charge on any atom is -0.399 e. The molecule has 0 unspecified atom stereocenters. The summed E-state index contributed by atoms with van der Waals surface area (Å²) in [5.41, 5.74) is 12.5. The van der Waals surface area contributed by atoms with Crippen LogP contribution in [0.2, 0.25) is 0 Å². The number of hydrogen-bond donors (Lipinski definition) is 2. The summed E-state index contributed by atoms with van der Waals surface area (Å²) in [5, 5.41) is 3.37. The number of anilines is 3. The monoisotopic (exact) mass is 226 g/mol. The summed E-state index contributed by atoms with van der Waals surface area (Å²) in [7, 11) is 0. The molecule has 0 aliphatic carbocycles. The lowest BCUT2D eigenvalue weighted by molar-refractivity contribution is 1.33. The van der Waals surface area contributed by atoms with Gasteiger partial charge in [0.1, 0.15) is 0 Å². The Labute approximate surface area is 102 Å². The van der Waals surface area contributed by atoms with Gasteiger partial charge in [0.05, 0.1) is 0 Å². The highest BCUT2D eigenvalue weighted by molar-refractivity contribution is 5.65. The summed E-state index contributed by atoms with van der Waals surface area (Å²) >= 11 is 0. The number of benzene rings is 2. The third-order valence-electron chi connectivity index (χ3n) is 2.90. The van der Waals surface area contributed by atoms with Gasteiger partial charge >= 0.3 is 0 Å². The van der Waals surface area contributed by atoms with E-state index < -0.39 is 0 Å². The van der Waals surface area contributed by atoms with Crippen molar-refractivity contribution in [3.05, 3.63) is 53.1 Å². The van der Waals surface area contributed by atoms with Crippen molar-refractivity contribution in [3.8, 4) is 0 Å². The summed E-state index contributed by atoms with van der Waals surface area (Å²) in [6, 6.07) is 12.4. The maximum absolute atomic E-state index is 5.83. The zero-order valence-corrected chi connectivity index (χ0v) is 10.5. The predicted octanol–water partition coefficient (Wildman–Crippen LogP) is 3.94. The molecule has 0 aromatic heterocycles. The number of aryl methyl sites for hydroxylation is 3. The molecule has 0 spiro atoms. The van der Waals surface area contributed by atoms with E-state index in [1.807, 2.05) is 19.1 Å².